The molecule has 0 saturated carbocycles. The molecule has 0 bridgehead atoms. The quantitative estimate of drug-likeness (QED) is 0.880. The van der Waals surface area contributed by atoms with Gasteiger partial charge < -0.3 is 14.7 Å². The van der Waals surface area contributed by atoms with Gasteiger partial charge in [0, 0.05) is 13.1 Å². The lowest BCUT2D eigenvalue weighted by Crippen LogP contribution is -2.39. The van der Waals surface area contributed by atoms with Crippen molar-refractivity contribution in [3.8, 4) is 0 Å². The monoisotopic (exact) mass is 381 g/mol. The van der Waals surface area contributed by atoms with E-state index in [1.165, 1.54) is 18.5 Å². The fourth-order valence-corrected chi connectivity index (χ4v) is 2.76. The van der Waals surface area contributed by atoms with Crippen LogP contribution in [0.3, 0.4) is 0 Å². The fraction of sp³-hybridized carbons (Fsp3) is 0.267. The lowest BCUT2D eigenvalue weighted by molar-refractivity contribution is 0.0394. The molecule has 0 amide bonds. The van der Waals surface area contributed by atoms with Gasteiger partial charge in [0.15, 0.2) is 5.69 Å². The molecule has 1 aliphatic rings. The summed E-state index contributed by atoms with van der Waals surface area (Å²) in [6.07, 6.45) is 2.45. The predicted octanol–water partition coefficient (Wildman–Crippen LogP) is 2.65. The highest BCUT2D eigenvalue weighted by molar-refractivity contribution is 9.10. The van der Waals surface area contributed by atoms with E-state index in [9.17, 15) is 9.18 Å². The van der Waals surface area contributed by atoms with Crippen LogP contribution in [0.1, 0.15) is 22.2 Å². The first-order valence-electron chi connectivity index (χ1n) is 6.91. The minimum Gasteiger partial charge on any atom is -0.476 e. The van der Waals surface area contributed by atoms with E-state index in [2.05, 4.69) is 25.9 Å². The molecule has 3 rings (SSSR count). The zero-order valence-corrected chi connectivity index (χ0v) is 13.5. The Morgan fingerprint density at radius 2 is 2.22 bits per heavy atom. The number of aromatic nitrogens is 2. The number of aromatic carboxylic acids is 1. The van der Waals surface area contributed by atoms with Crippen molar-refractivity contribution in [1.29, 1.82) is 0 Å². The molecule has 1 atom stereocenters. The van der Waals surface area contributed by atoms with E-state index in [0.717, 1.165) is 5.56 Å². The number of hydrogen-bond acceptors (Lipinski definition) is 5. The number of carboxylic acids is 1. The standard InChI is InChI=1S/C15H13BrFN3O3/c16-10-5-9(1-2-11(10)17)13-8-20(3-4-23-13)14-7-18-12(6-19-14)15(21)22/h1-2,5-7,13H,3-4,8H2,(H,21,22). The summed E-state index contributed by atoms with van der Waals surface area (Å²) in [4.78, 5) is 20.8. The van der Waals surface area contributed by atoms with Gasteiger partial charge in [-0.1, -0.05) is 6.07 Å². The van der Waals surface area contributed by atoms with Gasteiger partial charge in [0.2, 0.25) is 0 Å². The van der Waals surface area contributed by atoms with E-state index in [1.54, 1.807) is 12.1 Å². The molecular weight excluding hydrogens is 369 g/mol. The molecule has 6 nitrogen and oxygen atoms in total. The van der Waals surface area contributed by atoms with Crippen LogP contribution in [-0.4, -0.2) is 40.7 Å². The Bertz CT molecular complexity index is 726. The second kappa shape index (κ2) is 6.59. The lowest BCUT2D eigenvalue weighted by Gasteiger charge is -2.33. The first kappa shape index (κ1) is 15.8. The Labute approximate surface area is 140 Å². The highest BCUT2D eigenvalue weighted by Crippen LogP contribution is 2.27. The number of carbonyl (C=O) groups is 1. The Morgan fingerprint density at radius 3 is 2.87 bits per heavy atom. The van der Waals surface area contributed by atoms with E-state index >= 15 is 0 Å². The molecule has 8 heteroatoms. The predicted molar refractivity (Wildman–Crippen MR) is 84.0 cm³/mol. The summed E-state index contributed by atoms with van der Waals surface area (Å²) < 4.78 is 19.5. The van der Waals surface area contributed by atoms with Gasteiger partial charge in [-0.15, -0.1) is 0 Å². The summed E-state index contributed by atoms with van der Waals surface area (Å²) in [5.74, 6) is -0.846. The number of halogens is 2. The number of carboxylic acid groups (broad SMARTS) is 1. The van der Waals surface area contributed by atoms with Gasteiger partial charge in [-0.25, -0.2) is 19.2 Å². The smallest absolute Gasteiger partial charge is 0.356 e. The second-order valence-corrected chi connectivity index (χ2v) is 5.90. The zero-order valence-electron chi connectivity index (χ0n) is 11.9. The normalized spacial score (nSPS) is 18.0. The largest absolute Gasteiger partial charge is 0.476 e. The number of rotatable bonds is 3. The number of ether oxygens (including phenoxy) is 1. The third-order valence-corrected chi connectivity index (χ3v) is 4.17. The maximum atomic E-state index is 13.3. The fourth-order valence-electron chi connectivity index (χ4n) is 2.37. The summed E-state index contributed by atoms with van der Waals surface area (Å²) in [6.45, 7) is 1.64. The summed E-state index contributed by atoms with van der Waals surface area (Å²) in [5, 5.41) is 8.85. The third-order valence-electron chi connectivity index (χ3n) is 3.56. The van der Waals surface area contributed by atoms with E-state index in [4.69, 9.17) is 9.84 Å². The summed E-state index contributed by atoms with van der Waals surface area (Å²) in [7, 11) is 0. The zero-order chi connectivity index (χ0) is 16.4. The van der Waals surface area contributed by atoms with E-state index in [1.807, 2.05) is 4.90 Å². The molecule has 1 aromatic heterocycles. The molecule has 1 saturated heterocycles. The summed E-state index contributed by atoms with van der Waals surface area (Å²) >= 11 is 3.17. The van der Waals surface area contributed by atoms with Crippen LogP contribution in [0.4, 0.5) is 10.2 Å². The van der Waals surface area contributed by atoms with Crippen molar-refractivity contribution < 1.29 is 19.0 Å². The molecule has 120 valence electrons. The Kier molecular flexibility index (Phi) is 4.53. The molecule has 1 N–H and O–H groups in total. The van der Waals surface area contributed by atoms with Gasteiger partial charge in [0.05, 0.1) is 23.5 Å². The van der Waals surface area contributed by atoms with Crippen LogP contribution in [-0.2, 0) is 4.74 Å². The molecule has 2 heterocycles. The van der Waals surface area contributed by atoms with Crippen molar-refractivity contribution in [1.82, 2.24) is 9.97 Å². The van der Waals surface area contributed by atoms with Crippen LogP contribution in [0.5, 0.6) is 0 Å². The molecule has 1 aromatic carbocycles. The first-order valence-corrected chi connectivity index (χ1v) is 7.71. The minimum atomic E-state index is -1.11. The number of anilines is 1. The minimum absolute atomic E-state index is 0.0963. The van der Waals surface area contributed by atoms with E-state index < -0.39 is 5.97 Å². The van der Waals surface area contributed by atoms with Crippen molar-refractivity contribution in [3.63, 3.8) is 0 Å². The van der Waals surface area contributed by atoms with E-state index in [0.29, 0.717) is 30.0 Å². The van der Waals surface area contributed by atoms with Gasteiger partial charge in [0.25, 0.3) is 0 Å². The molecule has 2 aromatic rings. The molecular formula is C15H13BrFN3O3. The van der Waals surface area contributed by atoms with Crippen molar-refractivity contribution >= 4 is 27.7 Å². The number of benzene rings is 1. The van der Waals surface area contributed by atoms with Gasteiger partial charge in [-0.3, -0.25) is 0 Å². The molecule has 1 fully saturated rings. The maximum Gasteiger partial charge on any atom is 0.356 e. The van der Waals surface area contributed by atoms with Crippen LogP contribution >= 0.6 is 15.9 Å². The third kappa shape index (κ3) is 3.48. The van der Waals surface area contributed by atoms with Crippen molar-refractivity contribution in [3.05, 3.63) is 52.1 Å². The first-order chi connectivity index (χ1) is 11.0. The summed E-state index contributed by atoms with van der Waals surface area (Å²) in [5.41, 5.74) is 0.763. The van der Waals surface area contributed by atoms with Crippen LogP contribution in [0, 0.1) is 5.82 Å². The Hall–Kier alpha value is -2.06. The SMILES string of the molecule is O=C(O)c1cnc(N2CCOC(c3ccc(F)c(Br)c3)C2)cn1. The number of nitrogens with zero attached hydrogens (tertiary/aromatic N) is 3. The van der Waals surface area contributed by atoms with Gasteiger partial charge in [-0.2, -0.15) is 0 Å². The molecule has 0 spiro atoms. The topological polar surface area (TPSA) is 75.5 Å². The highest BCUT2D eigenvalue weighted by Gasteiger charge is 2.24. The maximum absolute atomic E-state index is 13.3. The summed E-state index contributed by atoms with van der Waals surface area (Å²) in [6, 6.07) is 4.78. The average Bonchev–Trinajstić information content (AvgIpc) is 2.57. The van der Waals surface area contributed by atoms with Crippen LogP contribution in [0.15, 0.2) is 35.1 Å². The van der Waals surface area contributed by atoms with Crippen LogP contribution in [0.25, 0.3) is 0 Å². The average molecular weight is 382 g/mol. The van der Waals surface area contributed by atoms with Crippen molar-refractivity contribution in [2.24, 2.45) is 0 Å². The highest BCUT2D eigenvalue weighted by atomic mass is 79.9. The molecule has 1 unspecified atom stereocenters. The molecule has 0 radical (unpaired) electrons. The number of hydrogen-bond donors (Lipinski definition) is 1. The molecule has 0 aliphatic carbocycles. The lowest BCUT2D eigenvalue weighted by atomic mass is 10.1. The van der Waals surface area contributed by atoms with Gasteiger partial charge in [0.1, 0.15) is 17.7 Å². The Morgan fingerprint density at radius 1 is 1.39 bits per heavy atom. The molecule has 1 aliphatic heterocycles. The van der Waals surface area contributed by atoms with Crippen molar-refractivity contribution in [2.45, 2.75) is 6.10 Å². The van der Waals surface area contributed by atoms with Gasteiger partial charge in [-0.05, 0) is 33.6 Å². The van der Waals surface area contributed by atoms with E-state index in [-0.39, 0.29) is 17.6 Å². The molecule has 23 heavy (non-hydrogen) atoms. The second-order valence-electron chi connectivity index (χ2n) is 5.04. The van der Waals surface area contributed by atoms with Crippen LogP contribution < -0.4 is 4.90 Å². The van der Waals surface area contributed by atoms with Crippen LogP contribution in [0.2, 0.25) is 0 Å². The number of morpholine rings is 1. The van der Waals surface area contributed by atoms with Crippen molar-refractivity contribution in [2.75, 3.05) is 24.6 Å². The van der Waals surface area contributed by atoms with Gasteiger partial charge >= 0.3 is 5.97 Å². The Balaban J connectivity index is 1.77.